The number of unbranched alkanes of at least 4 members (excludes halogenated alkanes) is 1. The van der Waals surface area contributed by atoms with Crippen molar-refractivity contribution in [1.29, 1.82) is 0 Å². The molecule has 0 amide bonds. The zero-order valence-electron chi connectivity index (χ0n) is 16.3. The van der Waals surface area contributed by atoms with Gasteiger partial charge in [-0.2, -0.15) is 0 Å². The molecular weight excluding hydrogens is 332 g/mol. The van der Waals surface area contributed by atoms with Crippen molar-refractivity contribution < 1.29 is 4.74 Å². The Labute approximate surface area is 162 Å². The summed E-state index contributed by atoms with van der Waals surface area (Å²) in [6, 6.07) is 24.9. The minimum Gasteiger partial charge on any atom is -0.492 e. The van der Waals surface area contributed by atoms with E-state index in [0.29, 0.717) is 6.61 Å². The molecule has 0 aliphatic rings. The smallest absolute Gasteiger partial charge is 0.133 e. The lowest BCUT2D eigenvalue weighted by Gasteiger charge is -2.24. The summed E-state index contributed by atoms with van der Waals surface area (Å²) in [6.45, 7) is 5.57. The number of hydrogen-bond acceptors (Lipinski definition) is 3. The Hall–Kier alpha value is -2.81. The van der Waals surface area contributed by atoms with Crippen molar-refractivity contribution in [2.24, 2.45) is 0 Å². The first-order chi connectivity index (χ1) is 13.3. The Morgan fingerprint density at radius 1 is 0.889 bits per heavy atom. The third-order valence-electron chi connectivity index (χ3n) is 4.54. The summed E-state index contributed by atoms with van der Waals surface area (Å²) in [5, 5.41) is 0. The van der Waals surface area contributed by atoms with Gasteiger partial charge in [-0.3, -0.25) is 0 Å². The highest BCUT2D eigenvalue weighted by Crippen LogP contribution is 2.23. The molecule has 0 aliphatic heterocycles. The third-order valence-corrected chi connectivity index (χ3v) is 4.54. The van der Waals surface area contributed by atoms with Gasteiger partial charge in [0.2, 0.25) is 0 Å². The van der Waals surface area contributed by atoms with E-state index in [2.05, 4.69) is 53.2 Å². The number of aryl methyl sites for hydroxylation is 2. The molecule has 0 spiro atoms. The van der Waals surface area contributed by atoms with Crippen LogP contribution >= 0.6 is 0 Å². The molecule has 3 rings (SSSR count). The maximum Gasteiger partial charge on any atom is 0.133 e. The Bertz CT molecular complexity index is 815. The summed E-state index contributed by atoms with van der Waals surface area (Å²) in [5.74, 6) is 1.86. The number of hydrogen-bond donors (Lipinski definition) is 0. The van der Waals surface area contributed by atoms with E-state index in [1.807, 2.05) is 43.3 Å². The second-order valence-electron chi connectivity index (χ2n) is 6.72. The molecule has 0 aliphatic carbocycles. The lowest BCUT2D eigenvalue weighted by Crippen LogP contribution is -2.24. The molecule has 1 heterocycles. The van der Waals surface area contributed by atoms with E-state index in [1.165, 1.54) is 18.4 Å². The molecule has 0 bridgehead atoms. The van der Waals surface area contributed by atoms with E-state index < -0.39 is 0 Å². The van der Waals surface area contributed by atoms with Gasteiger partial charge in [-0.15, -0.1) is 0 Å². The van der Waals surface area contributed by atoms with Crippen LogP contribution in [0.4, 0.5) is 11.5 Å². The molecule has 27 heavy (non-hydrogen) atoms. The normalized spacial score (nSPS) is 10.6. The Morgan fingerprint density at radius 3 is 2.37 bits per heavy atom. The molecule has 0 saturated heterocycles. The lowest BCUT2D eigenvalue weighted by atomic mass is 10.1. The fourth-order valence-corrected chi connectivity index (χ4v) is 3.05. The molecular formula is C24H28N2O. The van der Waals surface area contributed by atoms with Crippen LogP contribution in [0.5, 0.6) is 5.75 Å². The van der Waals surface area contributed by atoms with E-state index in [0.717, 1.165) is 35.9 Å². The van der Waals surface area contributed by atoms with Gasteiger partial charge in [-0.05, 0) is 61.7 Å². The summed E-state index contributed by atoms with van der Waals surface area (Å²) >= 11 is 0. The monoisotopic (exact) mass is 360 g/mol. The van der Waals surface area contributed by atoms with Crippen molar-refractivity contribution in [2.45, 2.75) is 33.1 Å². The van der Waals surface area contributed by atoms with Crippen molar-refractivity contribution >= 4 is 11.5 Å². The first-order valence-electron chi connectivity index (χ1n) is 9.74. The predicted molar refractivity (Wildman–Crippen MR) is 113 cm³/mol. The quantitative estimate of drug-likeness (QED) is 0.471. The number of nitrogens with zero attached hydrogens (tertiary/aromatic N) is 2. The molecule has 0 radical (unpaired) electrons. The third kappa shape index (κ3) is 5.58. The number of anilines is 2. The molecule has 3 heteroatoms. The SMILES string of the molecule is CCCCc1ccc(OCCN(c2ccccc2)c2cccc(C)n2)cc1. The molecule has 3 aromatic rings. The van der Waals surface area contributed by atoms with Crippen LogP contribution < -0.4 is 9.64 Å². The van der Waals surface area contributed by atoms with E-state index >= 15 is 0 Å². The van der Waals surface area contributed by atoms with Gasteiger partial charge >= 0.3 is 0 Å². The maximum atomic E-state index is 6.00. The molecule has 2 aromatic carbocycles. The van der Waals surface area contributed by atoms with Gasteiger partial charge in [-0.25, -0.2) is 4.98 Å². The number of aromatic nitrogens is 1. The van der Waals surface area contributed by atoms with Gasteiger partial charge < -0.3 is 9.64 Å². The van der Waals surface area contributed by atoms with Gasteiger partial charge in [-0.1, -0.05) is 49.7 Å². The van der Waals surface area contributed by atoms with Crippen molar-refractivity contribution in [3.05, 3.63) is 84.1 Å². The molecule has 0 fully saturated rings. The minimum atomic E-state index is 0.596. The number of rotatable bonds is 9. The van der Waals surface area contributed by atoms with Crippen molar-refractivity contribution in [1.82, 2.24) is 4.98 Å². The van der Waals surface area contributed by atoms with Gasteiger partial charge in [0, 0.05) is 11.4 Å². The van der Waals surface area contributed by atoms with Crippen LogP contribution in [-0.4, -0.2) is 18.1 Å². The van der Waals surface area contributed by atoms with Crippen molar-refractivity contribution in [2.75, 3.05) is 18.1 Å². The topological polar surface area (TPSA) is 25.4 Å². The highest BCUT2D eigenvalue weighted by molar-refractivity contribution is 5.59. The Kier molecular flexibility index (Phi) is 6.86. The van der Waals surface area contributed by atoms with Crippen LogP contribution in [0, 0.1) is 6.92 Å². The maximum absolute atomic E-state index is 6.00. The van der Waals surface area contributed by atoms with Gasteiger partial charge in [0.15, 0.2) is 0 Å². The second kappa shape index (κ2) is 9.77. The molecule has 0 atom stereocenters. The summed E-state index contributed by atoms with van der Waals surface area (Å²) in [7, 11) is 0. The zero-order valence-corrected chi connectivity index (χ0v) is 16.3. The van der Waals surface area contributed by atoms with Crippen LogP contribution in [0.15, 0.2) is 72.8 Å². The van der Waals surface area contributed by atoms with Crippen LogP contribution in [0.1, 0.15) is 31.0 Å². The number of pyridine rings is 1. The summed E-state index contributed by atoms with van der Waals surface area (Å²) in [6.07, 6.45) is 3.59. The van der Waals surface area contributed by atoms with Crippen LogP contribution in [0.25, 0.3) is 0 Å². The Morgan fingerprint density at radius 2 is 1.67 bits per heavy atom. The van der Waals surface area contributed by atoms with E-state index in [-0.39, 0.29) is 0 Å². The number of ether oxygens (including phenoxy) is 1. The van der Waals surface area contributed by atoms with Crippen LogP contribution in [0.2, 0.25) is 0 Å². The standard InChI is InChI=1S/C24H28N2O/c1-3-4-10-21-14-16-23(17-15-21)27-19-18-26(22-11-6-5-7-12-22)24-13-8-9-20(2)25-24/h5-9,11-17H,3-4,10,18-19H2,1-2H3. The fourth-order valence-electron chi connectivity index (χ4n) is 3.05. The molecule has 3 nitrogen and oxygen atoms in total. The van der Waals surface area contributed by atoms with Gasteiger partial charge in [0.25, 0.3) is 0 Å². The zero-order chi connectivity index (χ0) is 18.9. The summed E-state index contributed by atoms with van der Waals surface area (Å²) in [4.78, 5) is 6.88. The molecule has 0 N–H and O–H groups in total. The average molecular weight is 361 g/mol. The highest BCUT2D eigenvalue weighted by Gasteiger charge is 2.11. The predicted octanol–water partition coefficient (Wildman–Crippen LogP) is 5.95. The molecule has 0 unspecified atom stereocenters. The lowest BCUT2D eigenvalue weighted by molar-refractivity contribution is 0.327. The highest BCUT2D eigenvalue weighted by atomic mass is 16.5. The fraction of sp³-hybridized carbons (Fsp3) is 0.292. The van der Waals surface area contributed by atoms with E-state index in [1.54, 1.807) is 0 Å². The summed E-state index contributed by atoms with van der Waals surface area (Å²) in [5.41, 5.74) is 3.50. The molecule has 0 saturated carbocycles. The Balaban J connectivity index is 1.65. The average Bonchev–Trinajstić information content (AvgIpc) is 2.71. The number of benzene rings is 2. The van der Waals surface area contributed by atoms with Gasteiger partial charge in [0.1, 0.15) is 18.2 Å². The van der Waals surface area contributed by atoms with Crippen LogP contribution in [-0.2, 0) is 6.42 Å². The van der Waals surface area contributed by atoms with Gasteiger partial charge in [0.05, 0.1) is 6.54 Å². The molecule has 1 aromatic heterocycles. The first-order valence-corrected chi connectivity index (χ1v) is 9.74. The second-order valence-corrected chi connectivity index (χ2v) is 6.72. The molecule has 140 valence electrons. The first kappa shape index (κ1) is 19.0. The van der Waals surface area contributed by atoms with Crippen molar-refractivity contribution in [3.63, 3.8) is 0 Å². The summed E-state index contributed by atoms with van der Waals surface area (Å²) < 4.78 is 6.00. The van der Waals surface area contributed by atoms with E-state index in [4.69, 9.17) is 4.74 Å². The largest absolute Gasteiger partial charge is 0.492 e. The van der Waals surface area contributed by atoms with Crippen molar-refractivity contribution in [3.8, 4) is 5.75 Å². The number of para-hydroxylation sites is 1. The van der Waals surface area contributed by atoms with Crippen LogP contribution in [0.3, 0.4) is 0 Å². The minimum absolute atomic E-state index is 0.596. The van der Waals surface area contributed by atoms with E-state index in [9.17, 15) is 0 Å².